The average molecular weight is 472 g/mol. The van der Waals surface area contributed by atoms with E-state index in [2.05, 4.69) is 27.4 Å². The number of halogens is 1. The number of benzene rings is 2. The van der Waals surface area contributed by atoms with Crippen LogP contribution in [0.4, 0.5) is 11.4 Å². The van der Waals surface area contributed by atoms with Crippen LogP contribution in [0.3, 0.4) is 0 Å². The summed E-state index contributed by atoms with van der Waals surface area (Å²) < 4.78 is 7.60. The molecule has 2 amide bonds. The van der Waals surface area contributed by atoms with Gasteiger partial charge in [0, 0.05) is 29.9 Å². The molecule has 0 saturated heterocycles. The predicted octanol–water partition coefficient (Wildman–Crippen LogP) is 4.39. The quantitative estimate of drug-likeness (QED) is 0.336. The van der Waals surface area contributed by atoms with E-state index in [1.807, 2.05) is 4.57 Å². The Morgan fingerprint density at radius 1 is 1.09 bits per heavy atom. The van der Waals surface area contributed by atoms with Crippen molar-refractivity contribution in [3.8, 4) is 5.75 Å². The smallest absolute Gasteiger partial charge is 0.234 e. The number of aromatic nitrogens is 3. The molecular weight excluding hydrogens is 450 g/mol. The Morgan fingerprint density at radius 3 is 2.38 bits per heavy atom. The summed E-state index contributed by atoms with van der Waals surface area (Å²) in [6.45, 7) is 5.92. The molecule has 166 valence electrons. The van der Waals surface area contributed by atoms with Gasteiger partial charge in [0.2, 0.25) is 11.8 Å². The van der Waals surface area contributed by atoms with Crippen molar-refractivity contribution in [1.29, 1.82) is 0 Å². The number of ether oxygens (including phenoxy) is 1. The lowest BCUT2D eigenvalue weighted by atomic mass is 10.3. The minimum Gasteiger partial charge on any atom is -0.486 e. The number of allylic oxidation sites excluding steroid dienone is 1. The highest BCUT2D eigenvalue weighted by atomic mass is 35.5. The van der Waals surface area contributed by atoms with Crippen molar-refractivity contribution in [3.63, 3.8) is 0 Å². The van der Waals surface area contributed by atoms with Crippen molar-refractivity contribution in [3.05, 3.63) is 72.0 Å². The van der Waals surface area contributed by atoms with Gasteiger partial charge in [0.05, 0.1) is 5.75 Å². The zero-order chi connectivity index (χ0) is 22.9. The zero-order valence-electron chi connectivity index (χ0n) is 17.4. The number of hydrogen-bond acceptors (Lipinski definition) is 6. The lowest BCUT2D eigenvalue weighted by molar-refractivity contribution is -0.114. The summed E-state index contributed by atoms with van der Waals surface area (Å²) in [5, 5.41) is 15.1. The number of thioether (sulfide) groups is 1. The molecular formula is C22H22ClN5O3S. The van der Waals surface area contributed by atoms with Crippen LogP contribution in [-0.2, 0) is 22.7 Å². The van der Waals surface area contributed by atoms with Crippen LogP contribution in [0.1, 0.15) is 12.7 Å². The summed E-state index contributed by atoms with van der Waals surface area (Å²) in [6, 6.07) is 13.9. The van der Waals surface area contributed by atoms with Crippen LogP contribution in [0.15, 0.2) is 66.3 Å². The van der Waals surface area contributed by atoms with E-state index in [0.717, 1.165) is 0 Å². The van der Waals surface area contributed by atoms with Gasteiger partial charge >= 0.3 is 0 Å². The monoisotopic (exact) mass is 471 g/mol. The molecule has 0 fully saturated rings. The molecule has 0 bridgehead atoms. The van der Waals surface area contributed by atoms with Gasteiger partial charge in [-0.15, -0.1) is 16.8 Å². The molecule has 32 heavy (non-hydrogen) atoms. The molecule has 3 aromatic rings. The van der Waals surface area contributed by atoms with Gasteiger partial charge in [0.1, 0.15) is 12.4 Å². The number of amides is 2. The lowest BCUT2D eigenvalue weighted by Crippen LogP contribution is -2.15. The Labute approximate surface area is 195 Å². The Bertz CT molecular complexity index is 1080. The van der Waals surface area contributed by atoms with Gasteiger partial charge in [0.25, 0.3) is 0 Å². The van der Waals surface area contributed by atoms with Gasteiger partial charge in [-0.3, -0.25) is 14.2 Å². The van der Waals surface area contributed by atoms with Gasteiger partial charge < -0.3 is 15.4 Å². The molecule has 8 nitrogen and oxygen atoms in total. The second-order valence-electron chi connectivity index (χ2n) is 6.64. The molecule has 10 heteroatoms. The molecule has 0 radical (unpaired) electrons. The van der Waals surface area contributed by atoms with E-state index in [1.165, 1.54) is 18.7 Å². The summed E-state index contributed by atoms with van der Waals surface area (Å²) in [5.74, 6) is 1.10. The highest BCUT2D eigenvalue weighted by Gasteiger charge is 2.14. The first-order valence-corrected chi connectivity index (χ1v) is 11.0. The number of rotatable bonds is 10. The molecule has 0 saturated carbocycles. The van der Waals surface area contributed by atoms with Crippen LogP contribution in [0.25, 0.3) is 0 Å². The standard InChI is InChI=1S/C22H22ClN5O3S/c1-3-12-28-20(13-31-19-10-4-16(23)5-11-19)26-27-22(28)32-14-21(30)25-18-8-6-17(7-9-18)24-15(2)29/h3-11H,1,12-14H2,2H3,(H,24,29)(H,25,30). The third-order valence-electron chi connectivity index (χ3n) is 4.11. The normalized spacial score (nSPS) is 10.4. The molecule has 1 heterocycles. The number of nitrogens with zero attached hydrogens (tertiary/aromatic N) is 3. The largest absolute Gasteiger partial charge is 0.486 e. The Hall–Kier alpha value is -3.30. The van der Waals surface area contributed by atoms with Crippen molar-refractivity contribution < 1.29 is 14.3 Å². The second-order valence-corrected chi connectivity index (χ2v) is 8.02. The van der Waals surface area contributed by atoms with Crippen molar-refractivity contribution in [2.24, 2.45) is 0 Å². The first-order chi connectivity index (χ1) is 15.4. The van der Waals surface area contributed by atoms with Crippen molar-refractivity contribution in [1.82, 2.24) is 14.8 Å². The molecule has 3 rings (SSSR count). The summed E-state index contributed by atoms with van der Waals surface area (Å²) in [4.78, 5) is 23.4. The second kappa shape index (κ2) is 11.4. The minimum absolute atomic E-state index is 0.153. The first kappa shape index (κ1) is 23.4. The summed E-state index contributed by atoms with van der Waals surface area (Å²) >= 11 is 7.16. The van der Waals surface area contributed by atoms with Crippen molar-refractivity contribution in [2.75, 3.05) is 16.4 Å². The molecule has 0 spiro atoms. The van der Waals surface area contributed by atoms with E-state index in [9.17, 15) is 9.59 Å². The number of carbonyl (C=O) groups is 2. The maximum absolute atomic E-state index is 12.3. The molecule has 2 aromatic carbocycles. The maximum Gasteiger partial charge on any atom is 0.234 e. The fourth-order valence-corrected chi connectivity index (χ4v) is 3.58. The highest BCUT2D eigenvalue weighted by molar-refractivity contribution is 7.99. The van der Waals surface area contributed by atoms with Crippen LogP contribution in [0.2, 0.25) is 5.02 Å². The van der Waals surface area contributed by atoms with Gasteiger partial charge in [-0.1, -0.05) is 29.4 Å². The third-order valence-corrected chi connectivity index (χ3v) is 5.33. The van der Waals surface area contributed by atoms with Crippen LogP contribution in [0, 0.1) is 0 Å². The minimum atomic E-state index is -0.186. The number of carbonyl (C=O) groups excluding carboxylic acids is 2. The van der Waals surface area contributed by atoms with Gasteiger partial charge in [-0.05, 0) is 48.5 Å². The van der Waals surface area contributed by atoms with Gasteiger partial charge in [-0.25, -0.2) is 0 Å². The Kier molecular flexibility index (Phi) is 8.29. The molecule has 0 aliphatic rings. The topological polar surface area (TPSA) is 98.1 Å². The van der Waals surface area contributed by atoms with Crippen LogP contribution in [0.5, 0.6) is 5.75 Å². The first-order valence-electron chi connectivity index (χ1n) is 9.66. The SMILES string of the molecule is C=CCn1c(COc2ccc(Cl)cc2)nnc1SCC(=O)Nc1ccc(NC(C)=O)cc1. The van der Waals surface area contributed by atoms with Gasteiger partial charge in [-0.2, -0.15) is 0 Å². The van der Waals surface area contributed by atoms with Crippen LogP contribution < -0.4 is 15.4 Å². The molecule has 2 N–H and O–H groups in total. The summed E-state index contributed by atoms with van der Waals surface area (Å²) in [5.41, 5.74) is 1.30. The number of hydrogen-bond donors (Lipinski definition) is 2. The summed E-state index contributed by atoms with van der Waals surface area (Å²) in [6.07, 6.45) is 1.73. The average Bonchev–Trinajstić information content (AvgIpc) is 3.15. The zero-order valence-corrected chi connectivity index (χ0v) is 18.9. The predicted molar refractivity (Wildman–Crippen MR) is 126 cm³/mol. The molecule has 0 aliphatic carbocycles. The van der Waals surface area contributed by atoms with Crippen LogP contribution in [-0.4, -0.2) is 32.3 Å². The van der Waals surface area contributed by atoms with Crippen molar-refractivity contribution >= 4 is 46.6 Å². The Balaban J connectivity index is 1.56. The van der Waals surface area contributed by atoms with Gasteiger partial charge in [0.15, 0.2) is 11.0 Å². The van der Waals surface area contributed by atoms with E-state index in [-0.39, 0.29) is 24.2 Å². The number of nitrogens with one attached hydrogen (secondary N) is 2. The fraction of sp³-hybridized carbons (Fsp3) is 0.182. The van der Waals surface area contributed by atoms with E-state index < -0.39 is 0 Å². The Morgan fingerprint density at radius 2 is 1.75 bits per heavy atom. The lowest BCUT2D eigenvalue weighted by Gasteiger charge is -2.10. The van der Waals surface area contributed by atoms with E-state index >= 15 is 0 Å². The molecule has 1 aromatic heterocycles. The van der Waals surface area contributed by atoms with Crippen LogP contribution >= 0.6 is 23.4 Å². The third kappa shape index (κ3) is 6.86. The van der Waals surface area contributed by atoms with E-state index in [0.29, 0.717) is 39.7 Å². The fourth-order valence-electron chi connectivity index (χ4n) is 2.69. The maximum atomic E-state index is 12.3. The van der Waals surface area contributed by atoms with E-state index in [4.69, 9.17) is 16.3 Å². The van der Waals surface area contributed by atoms with Crippen molar-refractivity contribution in [2.45, 2.75) is 25.2 Å². The molecule has 0 aliphatic heterocycles. The highest BCUT2D eigenvalue weighted by Crippen LogP contribution is 2.21. The van der Waals surface area contributed by atoms with E-state index in [1.54, 1.807) is 54.6 Å². The molecule has 0 atom stereocenters. The summed E-state index contributed by atoms with van der Waals surface area (Å²) in [7, 11) is 0. The number of anilines is 2. The molecule has 0 unspecified atom stereocenters.